The fourth-order valence-corrected chi connectivity index (χ4v) is 2.77. The molecule has 0 saturated heterocycles. The molecule has 0 radical (unpaired) electrons. The van der Waals surface area contributed by atoms with Gasteiger partial charge in [-0.25, -0.2) is 9.37 Å². The van der Waals surface area contributed by atoms with E-state index < -0.39 is 0 Å². The van der Waals surface area contributed by atoms with Crippen LogP contribution in [-0.2, 0) is 0 Å². The van der Waals surface area contributed by atoms with Crippen molar-refractivity contribution >= 4 is 23.7 Å². The predicted octanol–water partition coefficient (Wildman–Crippen LogP) is 2.42. The van der Waals surface area contributed by atoms with Crippen LogP contribution in [0.2, 0.25) is 0 Å². The number of nitrogens with two attached hydrogens (primary N) is 1. The van der Waals surface area contributed by atoms with Crippen LogP contribution in [0.25, 0.3) is 17.3 Å². The molecule has 2 N–H and O–H groups in total. The number of aromatic nitrogens is 2. The minimum absolute atomic E-state index is 0.177. The van der Waals surface area contributed by atoms with Crippen molar-refractivity contribution in [2.75, 3.05) is 23.7 Å². The highest BCUT2D eigenvalue weighted by Crippen LogP contribution is 2.34. The average molecular weight is 295 g/mol. The Hall–Kier alpha value is -2.76. The molecule has 5 nitrogen and oxygen atoms in total. The van der Waals surface area contributed by atoms with E-state index in [2.05, 4.69) is 15.0 Å². The summed E-state index contributed by atoms with van der Waals surface area (Å²) >= 11 is 0. The normalized spacial score (nSPS) is 15.5. The Kier molecular flexibility index (Phi) is 2.72. The third-order valence-corrected chi connectivity index (χ3v) is 3.92. The molecule has 3 heterocycles. The van der Waals surface area contributed by atoms with Crippen molar-refractivity contribution in [3.05, 3.63) is 41.2 Å². The second kappa shape index (κ2) is 4.62. The number of nitrogen functional groups attached to an aromatic ring is 1. The molecule has 0 unspecified atom stereocenters. The van der Waals surface area contributed by atoms with Crippen LogP contribution in [0.15, 0.2) is 29.3 Å². The SMILES string of the molecule is Cc1ccc(-c2nc(N)nc3c2C=CC2=NCCN23)cc1F. The predicted molar refractivity (Wildman–Crippen MR) is 85.3 cm³/mol. The molecular weight excluding hydrogens is 281 g/mol. The minimum atomic E-state index is -0.258. The van der Waals surface area contributed by atoms with Crippen LogP contribution < -0.4 is 10.6 Å². The highest BCUT2D eigenvalue weighted by molar-refractivity contribution is 6.13. The molecule has 1 aromatic carbocycles. The highest BCUT2D eigenvalue weighted by Gasteiger charge is 2.27. The van der Waals surface area contributed by atoms with Gasteiger partial charge < -0.3 is 10.6 Å². The van der Waals surface area contributed by atoms with Gasteiger partial charge in [0, 0.05) is 17.7 Å². The molecule has 6 heteroatoms. The third-order valence-electron chi connectivity index (χ3n) is 3.92. The second-order valence-electron chi connectivity index (χ2n) is 5.36. The Bertz CT molecular complexity index is 841. The van der Waals surface area contributed by atoms with Crippen LogP contribution in [0.1, 0.15) is 11.1 Å². The highest BCUT2D eigenvalue weighted by atomic mass is 19.1. The Morgan fingerprint density at radius 3 is 2.91 bits per heavy atom. The van der Waals surface area contributed by atoms with Crippen molar-refractivity contribution in [3.8, 4) is 11.3 Å². The van der Waals surface area contributed by atoms with Gasteiger partial charge in [-0.2, -0.15) is 4.98 Å². The Morgan fingerprint density at radius 1 is 1.23 bits per heavy atom. The molecule has 0 saturated carbocycles. The van der Waals surface area contributed by atoms with Crippen molar-refractivity contribution < 1.29 is 4.39 Å². The smallest absolute Gasteiger partial charge is 0.222 e. The van der Waals surface area contributed by atoms with E-state index in [1.54, 1.807) is 13.0 Å². The number of rotatable bonds is 1. The second-order valence-corrected chi connectivity index (χ2v) is 5.36. The summed E-state index contributed by atoms with van der Waals surface area (Å²) in [5, 5.41) is 0. The van der Waals surface area contributed by atoms with Crippen LogP contribution in [-0.4, -0.2) is 28.9 Å². The van der Waals surface area contributed by atoms with Crippen molar-refractivity contribution in [2.45, 2.75) is 6.92 Å². The van der Waals surface area contributed by atoms with E-state index in [1.807, 2.05) is 23.1 Å². The van der Waals surface area contributed by atoms with E-state index in [-0.39, 0.29) is 11.8 Å². The van der Waals surface area contributed by atoms with E-state index in [4.69, 9.17) is 5.73 Å². The van der Waals surface area contributed by atoms with Gasteiger partial charge in [0.15, 0.2) is 0 Å². The van der Waals surface area contributed by atoms with Gasteiger partial charge in [0.2, 0.25) is 5.95 Å². The van der Waals surface area contributed by atoms with Crippen molar-refractivity contribution in [1.82, 2.24) is 9.97 Å². The number of nitrogens with zero attached hydrogens (tertiary/aromatic N) is 4. The molecule has 2 aliphatic heterocycles. The number of aryl methyl sites for hydroxylation is 1. The zero-order valence-electron chi connectivity index (χ0n) is 12.0. The standard InChI is InChI=1S/C16H14FN5/c1-9-2-3-10(8-12(9)17)14-11-4-5-13-19-6-7-22(13)15(11)21-16(18)20-14/h2-5,8H,6-7H2,1H3,(H2,18,20,21). The van der Waals surface area contributed by atoms with Crippen molar-refractivity contribution in [2.24, 2.45) is 4.99 Å². The summed E-state index contributed by atoms with van der Waals surface area (Å²) in [6, 6.07) is 5.07. The molecule has 2 aromatic rings. The maximum absolute atomic E-state index is 13.9. The summed E-state index contributed by atoms with van der Waals surface area (Å²) in [5.74, 6) is 1.54. The van der Waals surface area contributed by atoms with E-state index in [9.17, 15) is 4.39 Å². The number of hydrogen-bond acceptors (Lipinski definition) is 5. The molecule has 2 aliphatic rings. The minimum Gasteiger partial charge on any atom is -0.368 e. The van der Waals surface area contributed by atoms with Gasteiger partial charge in [0.1, 0.15) is 17.5 Å². The molecule has 4 rings (SSSR count). The monoisotopic (exact) mass is 295 g/mol. The average Bonchev–Trinajstić information content (AvgIpc) is 2.98. The lowest BCUT2D eigenvalue weighted by molar-refractivity contribution is 0.619. The van der Waals surface area contributed by atoms with Crippen LogP contribution in [0.3, 0.4) is 0 Å². The van der Waals surface area contributed by atoms with Crippen LogP contribution in [0.4, 0.5) is 16.2 Å². The largest absolute Gasteiger partial charge is 0.368 e. The lowest BCUT2D eigenvalue weighted by Gasteiger charge is -2.24. The molecule has 1 aromatic heterocycles. The quantitative estimate of drug-likeness (QED) is 0.877. The fraction of sp³-hybridized carbons (Fsp3) is 0.188. The summed E-state index contributed by atoms with van der Waals surface area (Å²) in [6.07, 6.45) is 3.85. The lowest BCUT2D eigenvalue weighted by atomic mass is 10.0. The first-order chi connectivity index (χ1) is 10.6. The zero-order valence-corrected chi connectivity index (χ0v) is 12.0. The zero-order chi connectivity index (χ0) is 15.3. The summed E-state index contributed by atoms with van der Waals surface area (Å²) in [4.78, 5) is 15.1. The van der Waals surface area contributed by atoms with Gasteiger partial charge >= 0.3 is 0 Å². The van der Waals surface area contributed by atoms with Crippen LogP contribution in [0, 0.1) is 12.7 Å². The number of aliphatic imine (C=N–C) groups is 1. The first-order valence-electron chi connectivity index (χ1n) is 7.07. The molecule has 0 amide bonds. The topological polar surface area (TPSA) is 67.4 Å². The van der Waals surface area contributed by atoms with E-state index >= 15 is 0 Å². The van der Waals surface area contributed by atoms with Gasteiger partial charge in [-0.15, -0.1) is 0 Å². The summed E-state index contributed by atoms with van der Waals surface area (Å²) in [6.45, 7) is 3.23. The molecule has 22 heavy (non-hydrogen) atoms. The number of hydrogen-bond donors (Lipinski definition) is 1. The van der Waals surface area contributed by atoms with Gasteiger partial charge in [-0.1, -0.05) is 12.1 Å². The molecule has 0 fully saturated rings. The van der Waals surface area contributed by atoms with Gasteiger partial charge in [0.25, 0.3) is 0 Å². The molecule has 0 spiro atoms. The molecule has 0 atom stereocenters. The summed E-state index contributed by atoms with van der Waals surface area (Å²) < 4.78 is 13.9. The Labute approximate surface area is 127 Å². The van der Waals surface area contributed by atoms with Crippen molar-refractivity contribution in [1.29, 1.82) is 0 Å². The molecule has 0 aliphatic carbocycles. The van der Waals surface area contributed by atoms with Crippen LogP contribution >= 0.6 is 0 Å². The van der Waals surface area contributed by atoms with Crippen molar-refractivity contribution in [3.63, 3.8) is 0 Å². The maximum atomic E-state index is 13.9. The number of amidine groups is 1. The summed E-state index contributed by atoms with van der Waals surface area (Å²) in [5.41, 5.74) is 8.65. The number of benzene rings is 1. The maximum Gasteiger partial charge on any atom is 0.222 e. The molecular formula is C16H14FN5. The number of fused-ring (bicyclic) bond motifs is 3. The number of anilines is 2. The molecule has 0 bridgehead atoms. The first-order valence-corrected chi connectivity index (χ1v) is 7.07. The van der Waals surface area contributed by atoms with E-state index in [0.717, 1.165) is 30.3 Å². The fourth-order valence-electron chi connectivity index (χ4n) is 2.77. The Morgan fingerprint density at radius 2 is 2.09 bits per heavy atom. The Balaban J connectivity index is 1.94. The van der Waals surface area contributed by atoms with E-state index in [0.29, 0.717) is 16.8 Å². The van der Waals surface area contributed by atoms with Gasteiger partial charge in [-0.3, -0.25) is 4.99 Å². The van der Waals surface area contributed by atoms with Gasteiger partial charge in [0.05, 0.1) is 12.2 Å². The van der Waals surface area contributed by atoms with E-state index in [1.165, 1.54) is 6.07 Å². The first kappa shape index (κ1) is 12.9. The number of halogens is 1. The third kappa shape index (κ3) is 1.88. The molecule has 110 valence electrons. The summed E-state index contributed by atoms with van der Waals surface area (Å²) in [7, 11) is 0. The van der Waals surface area contributed by atoms with Crippen LogP contribution in [0.5, 0.6) is 0 Å². The van der Waals surface area contributed by atoms with Gasteiger partial charge in [-0.05, 0) is 30.7 Å². The lowest BCUT2D eigenvalue weighted by Crippen LogP contribution is -2.30.